The second kappa shape index (κ2) is 9.93. The number of ketones is 2. The zero-order valence-electron chi connectivity index (χ0n) is 25.7. The lowest BCUT2D eigenvalue weighted by atomic mass is 9.68. The maximum atomic E-state index is 15.3. The Bertz CT molecular complexity index is 1920. The molecule has 3 heterocycles. The molecule has 236 valence electrons. The molecule has 2 aromatic rings. The summed E-state index contributed by atoms with van der Waals surface area (Å²) in [6.07, 6.45) is 3.04. The van der Waals surface area contributed by atoms with Gasteiger partial charge < -0.3 is 30.3 Å². The summed E-state index contributed by atoms with van der Waals surface area (Å²) in [5, 5.41) is 22.8. The summed E-state index contributed by atoms with van der Waals surface area (Å²) >= 11 is 0. The monoisotopic (exact) mass is 625 g/mol. The smallest absolute Gasteiger partial charge is 0.300 e. The number of primary amides is 1. The number of carbonyl (C=O) groups is 5. The molecule has 0 bridgehead atoms. The first-order valence-corrected chi connectivity index (χ1v) is 14.3. The summed E-state index contributed by atoms with van der Waals surface area (Å²) in [6, 6.07) is 11.4. The van der Waals surface area contributed by atoms with Crippen LogP contribution in [0.5, 0.6) is 11.5 Å². The lowest BCUT2D eigenvalue weighted by molar-refractivity contribution is -0.135. The first kappa shape index (κ1) is 30.4. The molecule has 46 heavy (non-hydrogen) atoms. The summed E-state index contributed by atoms with van der Waals surface area (Å²) < 4.78 is 10.6. The van der Waals surface area contributed by atoms with E-state index in [0.29, 0.717) is 11.3 Å². The van der Waals surface area contributed by atoms with Crippen LogP contribution in [0.4, 0.5) is 5.69 Å². The highest BCUT2D eigenvalue weighted by atomic mass is 16.5. The average Bonchev–Trinajstić information content (AvgIpc) is 3.52. The van der Waals surface area contributed by atoms with E-state index in [0.717, 1.165) is 4.90 Å². The summed E-state index contributed by atoms with van der Waals surface area (Å²) in [4.78, 5) is 72.3. The first-order valence-electron chi connectivity index (χ1n) is 14.3. The number of para-hydroxylation sites is 2. The first-order chi connectivity index (χ1) is 21.7. The van der Waals surface area contributed by atoms with E-state index < -0.39 is 68.4 Å². The minimum absolute atomic E-state index is 0.0359. The summed E-state index contributed by atoms with van der Waals surface area (Å²) in [5.74, 6) is -5.92. The third kappa shape index (κ3) is 3.69. The van der Waals surface area contributed by atoms with Crippen molar-refractivity contribution in [2.45, 2.75) is 38.3 Å². The molecule has 1 aliphatic carbocycles. The number of fused-ring (bicyclic) bond motifs is 2. The molecule has 6 rings (SSSR count). The second-order valence-corrected chi connectivity index (χ2v) is 12.2. The Balaban J connectivity index is 1.81. The number of hydrogen-bond acceptors (Lipinski definition) is 9. The van der Waals surface area contributed by atoms with Crippen LogP contribution in [0.25, 0.3) is 5.76 Å². The second-order valence-electron chi connectivity index (χ2n) is 12.2. The molecule has 4 N–H and O–H groups in total. The van der Waals surface area contributed by atoms with E-state index in [1.807, 2.05) is 0 Å². The molecule has 12 heteroatoms. The number of Topliss-reactive ketones (excluding diaryl/α,β-unsaturated/α-hetero) is 1. The Morgan fingerprint density at radius 2 is 1.61 bits per heavy atom. The Labute approximate surface area is 263 Å². The minimum Gasteiger partial charge on any atom is -0.507 e. The van der Waals surface area contributed by atoms with Crippen LogP contribution < -0.4 is 15.4 Å². The number of carbonyl (C=O) groups excluding carboxylic acids is 5. The zero-order chi connectivity index (χ0) is 33.5. The molecule has 3 amide bonds. The van der Waals surface area contributed by atoms with Gasteiger partial charge in [-0.1, -0.05) is 17.7 Å². The van der Waals surface area contributed by atoms with Crippen LogP contribution in [-0.4, -0.2) is 69.7 Å². The van der Waals surface area contributed by atoms with Gasteiger partial charge in [0, 0.05) is 16.8 Å². The fourth-order valence-electron chi connectivity index (χ4n) is 7.40. The van der Waals surface area contributed by atoms with Gasteiger partial charge in [-0.15, -0.1) is 0 Å². The Hall–Kier alpha value is -5.65. The van der Waals surface area contributed by atoms with Gasteiger partial charge in [0.2, 0.25) is 11.7 Å². The van der Waals surface area contributed by atoms with Gasteiger partial charge in [0.1, 0.15) is 17.3 Å². The van der Waals surface area contributed by atoms with Crippen molar-refractivity contribution in [1.82, 2.24) is 4.90 Å². The van der Waals surface area contributed by atoms with E-state index >= 15 is 4.79 Å². The van der Waals surface area contributed by atoms with Gasteiger partial charge in [0.05, 0.1) is 36.5 Å². The van der Waals surface area contributed by atoms with E-state index in [4.69, 9.17) is 15.2 Å². The van der Waals surface area contributed by atoms with Crippen LogP contribution in [0.2, 0.25) is 0 Å². The summed E-state index contributed by atoms with van der Waals surface area (Å²) in [5.41, 5.74) is 0.182. The number of ether oxygens (including phenoxy) is 2. The molecule has 4 aliphatic rings. The normalized spacial score (nSPS) is 26.2. The van der Waals surface area contributed by atoms with E-state index in [1.54, 1.807) is 20.8 Å². The van der Waals surface area contributed by atoms with Crippen molar-refractivity contribution in [3.63, 3.8) is 0 Å². The predicted molar refractivity (Wildman–Crippen MR) is 164 cm³/mol. The molecule has 0 aromatic heterocycles. The molecule has 2 saturated heterocycles. The van der Waals surface area contributed by atoms with E-state index in [-0.39, 0.29) is 29.1 Å². The number of aliphatic hydroxyl groups is 1. The number of aliphatic hydroxyl groups excluding tert-OH is 1. The number of nitrogens with two attached hydrogens (primary N) is 1. The molecule has 0 unspecified atom stereocenters. The molecule has 3 aliphatic heterocycles. The number of phenols is 1. The number of allylic oxidation sites excluding steroid dienone is 2. The number of phenolic OH excluding ortho intramolecular Hbond substituents is 1. The number of aromatic hydroxyl groups is 1. The van der Waals surface area contributed by atoms with Crippen LogP contribution >= 0.6 is 0 Å². The maximum absolute atomic E-state index is 15.3. The molecule has 0 radical (unpaired) electrons. The Morgan fingerprint density at radius 1 is 0.957 bits per heavy atom. The average molecular weight is 626 g/mol. The minimum atomic E-state index is -2.65. The van der Waals surface area contributed by atoms with Crippen molar-refractivity contribution >= 4 is 40.7 Å². The molecule has 12 nitrogen and oxygen atoms in total. The molecule has 2 fully saturated rings. The van der Waals surface area contributed by atoms with E-state index in [2.05, 4.69) is 0 Å². The van der Waals surface area contributed by atoms with E-state index in [9.17, 15) is 29.4 Å². The molecule has 2 aromatic carbocycles. The fourth-order valence-corrected chi connectivity index (χ4v) is 7.40. The standard InChI is InChI=1S/C34H31N3O9/c1-17-14-22(39)23(46-5)15-33(17)16-32(2,3)37-28(33)25(29(35)42)34(31(37)44)24(26(40)18-10-12-19(45-4)13-11-18)27(41)30(43)36(34)20-8-6-7-9-21(20)38/h6-15,38,40H,16H2,1-5H3,(H2,35,42)/t33-,34-/m0/s1. The van der Waals surface area contributed by atoms with Gasteiger partial charge >= 0.3 is 5.91 Å². The number of nitrogens with zero attached hydrogens (tertiary/aromatic N) is 2. The van der Waals surface area contributed by atoms with Gasteiger partial charge in [-0.2, -0.15) is 0 Å². The maximum Gasteiger partial charge on any atom is 0.300 e. The SMILES string of the molecule is COC1=C[C@]2(CC(C)(C)N3C(=O)[C@]4(C(=C(O)c5ccc(OC)cc5)C(=O)C(=O)N4c4ccccc4O)C(C(N)=O)=C32)C(C)=CC1=O. The topological polar surface area (TPSA) is 177 Å². The number of amides is 3. The van der Waals surface area contributed by atoms with Crippen LogP contribution in [0.1, 0.15) is 32.8 Å². The van der Waals surface area contributed by atoms with Crippen LogP contribution in [0.3, 0.4) is 0 Å². The van der Waals surface area contributed by atoms with Gasteiger partial charge in [-0.05, 0) is 75.7 Å². The lowest BCUT2D eigenvalue weighted by Gasteiger charge is -2.39. The van der Waals surface area contributed by atoms with Crippen LogP contribution in [-0.2, 0) is 28.7 Å². The van der Waals surface area contributed by atoms with Gasteiger partial charge in [0.25, 0.3) is 11.7 Å². The van der Waals surface area contributed by atoms with Crippen LogP contribution in [0, 0.1) is 5.41 Å². The van der Waals surface area contributed by atoms with Gasteiger partial charge in [0.15, 0.2) is 11.3 Å². The number of rotatable bonds is 5. The summed E-state index contributed by atoms with van der Waals surface area (Å²) in [6.45, 7) is 5.13. The quantitative estimate of drug-likeness (QED) is 0.256. The van der Waals surface area contributed by atoms with Crippen molar-refractivity contribution in [2.75, 3.05) is 19.1 Å². The Kier molecular flexibility index (Phi) is 6.56. The third-order valence-corrected chi connectivity index (χ3v) is 9.26. The molecular weight excluding hydrogens is 594 g/mol. The third-order valence-electron chi connectivity index (χ3n) is 9.26. The van der Waals surface area contributed by atoms with Crippen molar-refractivity contribution in [3.8, 4) is 11.5 Å². The number of anilines is 1. The Morgan fingerprint density at radius 3 is 2.20 bits per heavy atom. The molecule has 2 atom stereocenters. The highest BCUT2D eigenvalue weighted by Gasteiger charge is 2.75. The van der Waals surface area contributed by atoms with E-state index in [1.165, 1.54) is 79.8 Å². The molecular formula is C34H31N3O9. The highest BCUT2D eigenvalue weighted by Crippen LogP contribution is 2.64. The van der Waals surface area contributed by atoms with Gasteiger partial charge in [-0.3, -0.25) is 28.9 Å². The number of benzene rings is 2. The largest absolute Gasteiger partial charge is 0.507 e. The van der Waals surface area contributed by atoms with Crippen molar-refractivity contribution < 1.29 is 43.7 Å². The molecule has 0 saturated carbocycles. The van der Waals surface area contributed by atoms with Gasteiger partial charge in [-0.25, -0.2) is 0 Å². The zero-order valence-corrected chi connectivity index (χ0v) is 25.7. The number of methoxy groups -OCH3 is 2. The van der Waals surface area contributed by atoms with Crippen molar-refractivity contribution in [3.05, 3.63) is 94.4 Å². The van der Waals surface area contributed by atoms with Crippen molar-refractivity contribution in [1.29, 1.82) is 0 Å². The predicted octanol–water partition coefficient (Wildman–Crippen LogP) is 2.83. The fraction of sp³-hybridized carbons (Fsp3) is 0.265. The lowest BCUT2D eigenvalue weighted by Crippen LogP contribution is -2.59. The number of hydrogen-bond donors (Lipinski definition) is 3. The highest BCUT2D eigenvalue weighted by molar-refractivity contribution is 6.56. The summed E-state index contributed by atoms with van der Waals surface area (Å²) in [7, 11) is 2.76. The van der Waals surface area contributed by atoms with Crippen molar-refractivity contribution in [2.24, 2.45) is 11.1 Å². The molecule has 2 spiro atoms. The van der Waals surface area contributed by atoms with Crippen LogP contribution in [0.15, 0.2) is 88.9 Å².